The summed E-state index contributed by atoms with van der Waals surface area (Å²) < 4.78 is 6.36. The molecule has 0 saturated heterocycles. The first kappa shape index (κ1) is 27.3. The molecule has 2 aromatic rings. The van der Waals surface area contributed by atoms with Gasteiger partial charge in [-0.3, -0.25) is 4.79 Å². The fraction of sp³-hybridized carbons (Fsp3) is 0.519. The van der Waals surface area contributed by atoms with Gasteiger partial charge in [-0.15, -0.1) is 0 Å². The maximum atomic E-state index is 13.1. The number of aromatic hydroxyl groups is 1. The Labute approximate surface area is 208 Å². The fourth-order valence-electron chi connectivity index (χ4n) is 3.75. The van der Waals surface area contributed by atoms with Crippen LogP contribution in [-0.4, -0.2) is 17.1 Å². The lowest BCUT2D eigenvalue weighted by molar-refractivity contribution is -0.122. The number of carbonyl (C=O) groups is 1. The molecule has 0 aliphatic carbocycles. The van der Waals surface area contributed by atoms with Crippen molar-refractivity contribution in [3.63, 3.8) is 0 Å². The largest absolute Gasteiger partial charge is 0.504 e. The molecule has 0 aromatic heterocycles. The minimum atomic E-state index is -0.755. The molecule has 0 spiro atoms. The second kappa shape index (κ2) is 10.6. The molecule has 0 fully saturated rings. The lowest BCUT2D eigenvalue weighted by Gasteiger charge is -2.35. The Morgan fingerprint density at radius 1 is 1.09 bits per heavy atom. The number of benzene rings is 2. The molecule has 2 aromatic carbocycles. The van der Waals surface area contributed by atoms with Gasteiger partial charge in [-0.05, 0) is 60.3 Å². The third-order valence-electron chi connectivity index (χ3n) is 6.81. The minimum Gasteiger partial charge on any atom is -0.504 e. The molecule has 0 bridgehead atoms. The molecule has 0 heterocycles. The van der Waals surface area contributed by atoms with E-state index < -0.39 is 6.10 Å². The fourth-order valence-corrected chi connectivity index (χ4v) is 4.20. The monoisotopic (exact) mass is 493 g/mol. The number of halogens is 2. The van der Waals surface area contributed by atoms with E-state index in [-0.39, 0.29) is 33.2 Å². The smallest absolute Gasteiger partial charge is 0.265 e. The van der Waals surface area contributed by atoms with Gasteiger partial charge in [-0.25, -0.2) is 0 Å². The van der Waals surface area contributed by atoms with Crippen molar-refractivity contribution in [2.75, 3.05) is 5.32 Å². The highest BCUT2D eigenvalue weighted by Crippen LogP contribution is 2.43. The predicted molar refractivity (Wildman–Crippen MR) is 139 cm³/mol. The van der Waals surface area contributed by atoms with Crippen LogP contribution in [0.15, 0.2) is 24.3 Å². The van der Waals surface area contributed by atoms with Gasteiger partial charge in [0.05, 0.1) is 10.7 Å². The molecule has 2 N–H and O–H groups in total. The molecule has 4 nitrogen and oxygen atoms in total. The molecular weight excluding hydrogens is 457 g/mol. The quantitative estimate of drug-likeness (QED) is 0.346. The van der Waals surface area contributed by atoms with E-state index in [2.05, 4.69) is 52.9 Å². The summed E-state index contributed by atoms with van der Waals surface area (Å²) in [6.45, 7) is 16.8. The number of hydrogen-bond acceptors (Lipinski definition) is 3. The highest BCUT2D eigenvalue weighted by molar-refractivity contribution is 6.37. The van der Waals surface area contributed by atoms with E-state index in [4.69, 9.17) is 27.9 Å². The molecule has 182 valence electrons. The summed E-state index contributed by atoms with van der Waals surface area (Å²) in [5.74, 6) is 0.137. The zero-order valence-corrected chi connectivity index (χ0v) is 22.5. The van der Waals surface area contributed by atoms with Crippen molar-refractivity contribution >= 4 is 34.8 Å². The number of amides is 1. The van der Waals surface area contributed by atoms with Crippen molar-refractivity contribution in [3.05, 3.63) is 51.0 Å². The number of ether oxygens (including phenoxy) is 1. The normalized spacial score (nSPS) is 13.0. The van der Waals surface area contributed by atoms with Crippen molar-refractivity contribution in [2.24, 2.45) is 0 Å². The van der Waals surface area contributed by atoms with Gasteiger partial charge < -0.3 is 15.2 Å². The summed E-state index contributed by atoms with van der Waals surface area (Å²) in [7, 11) is 0. The van der Waals surface area contributed by atoms with Crippen LogP contribution in [0.25, 0.3) is 0 Å². The Hall–Kier alpha value is -1.91. The minimum absolute atomic E-state index is 0.0354. The van der Waals surface area contributed by atoms with Crippen molar-refractivity contribution in [1.29, 1.82) is 0 Å². The Balaban J connectivity index is 2.46. The highest BCUT2D eigenvalue weighted by Gasteiger charge is 2.33. The van der Waals surface area contributed by atoms with E-state index in [1.165, 1.54) is 11.6 Å². The molecule has 0 saturated carbocycles. The van der Waals surface area contributed by atoms with E-state index in [0.29, 0.717) is 22.8 Å². The Morgan fingerprint density at radius 3 is 2.24 bits per heavy atom. The number of hydrogen-bond donors (Lipinski definition) is 2. The SMILES string of the molecule is CCC(Oc1cccc(C(C)(C)CC)c1C(C)(C)CC)C(=O)Nc1cc(Cl)c(C)c(Cl)c1O. The van der Waals surface area contributed by atoms with E-state index >= 15 is 0 Å². The van der Waals surface area contributed by atoms with Crippen LogP contribution in [-0.2, 0) is 15.6 Å². The third kappa shape index (κ3) is 5.78. The zero-order chi connectivity index (χ0) is 25.1. The lowest BCUT2D eigenvalue weighted by atomic mass is 9.71. The number of phenols is 1. The molecule has 0 aliphatic rings. The first-order valence-electron chi connectivity index (χ1n) is 11.6. The first-order valence-corrected chi connectivity index (χ1v) is 12.3. The summed E-state index contributed by atoms with van der Waals surface area (Å²) in [5.41, 5.74) is 2.92. The van der Waals surface area contributed by atoms with E-state index in [1.54, 1.807) is 6.92 Å². The summed E-state index contributed by atoms with van der Waals surface area (Å²) in [6, 6.07) is 7.60. The summed E-state index contributed by atoms with van der Waals surface area (Å²) >= 11 is 12.4. The van der Waals surface area contributed by atoms with Crippen LogP contribution in [0.3, 0.4) is 0 Å². The van der Waals surface area contributed by atoms with Crippen LogP contribution < -0.4 is 10.1 Å². The van der Waals surface area contributed by atoms with Gasteiger partial charge in [0.25, 0.3) is 5.91 Å². The van der Waals surface area contributed by atoms with Crippen LogP contribution in [0.5, 0.6) is 11.5 Å². The number of nitrogens with one attached hydrogen (secondary N) is 1. The predicted octanol–water partition coefficient (Wildman–Crippen LogP) is 8.18. The van der Waals surface area contributed by atoms with Crippen molar-refractivity contribution in [2.45, 2.75) is 91.6 Å². The molecule has 33 heavy (non-hydrogen) atoms. The molecule has 2 rings (SSSR count). The third-order valence-corrected chi connectivity index (χ3v) is 7.67. The maximum absolute atomic E-state index is 13.1. The molecule has 0 aliphatic heterocycles. The molecular formula is C27H37Cl2NO3. The van der Waals surface area contributed by atoms with Crippen molar-refractivity contribution in [1.82, 2.24) is 0 Å². The lowest BCUT2D eigenvalue weighted by Crippen LogP contribution is -2.34. The number of phenolic OH excluding ortho intramolecular Hbond substituents is 1. The Kier molecular flexibility index (Phi) is 8.75. The van der Waals surface area contributed by atoms with Gasteiger partial charge in [-0.2, -0.15) is 0 Å². The van der Waals surface area contributed by atoms with Crippen LogP contribution in [0.2, 0.25) is 10.0 Å². The molecule has 0 radical (unpaired) electrons. The topological polar surface area (TPSA) is 58.6 Å². The molecule has 1 unspecified atom stereocenters. The Bertz CT molecular complexity index is 1010. The van der Waals surface area contributed by atoms with E-state index in [9.17, 15) is 9.90 Å². The van der Waals surface area contributed by atoms with E-state index in [0.717, 1.165) is 18.4 Å². The standard InChI is InChI=1S/C27H37Cl2NO3/c1-9-20(25(32)30-19-15-18(28)16(4)23(29)24(19)31)33-21-14-12-13-17(26(5,6)10-2)22(21)27(7,8)11-3/h12-15,20,31H,9-11H2,1-8H3,(H,30,32). The molecule has 1 amide bonds. The molecule has 1 atom stereocenters. The summed E-state index contributed by atoms with van der Waals surface area (Å²) in [4.78, 5) is 13.1. The van der Waals surface area contributed by atoms with Gasteiger partial charge in [-0.1, -0.05) is 83.8 Å². The maximum Gasteiger partial charge on any atom is 0.265 e. The van der Waals surface area contributed by atoms with Crippen LogP contribution >= 0.6 is 23.2 Å². The van der Waals surface area contributed by atoms with Gasteiger partial charge in [0.2, 0.25) is 0 Å². The number of carbonyl (C=O) groups excluding carboxylic acids is 1. The average Bonchev–Trinajstić information content (AvgIpc) is 2.78. The number of anilines is 1. The summed E-state index contributed by atoms with van der Waals surface area (Å²) in [5, 5.41) is 13.6. The highest BCUT2D eigenvalue weighted by atomic mass is 35.5. The first-order chi connectivity index (χ1) is 15.3. The van der Waals surface area contributed by atoms with Crippen LogP contribution in [0.4, 0.5) is 5.69 Å². The van der Waals surface area contributed by atoms with Crippen molar-refractivity contribution < 1.29 is 14.6 Å². The zero-order valence-electron chi connectivity index (χ0n) is 21.0. The summed E-state index contributed by atoms with van der Waals surface area (Å²) in [6.07, 6.45) is 1.61. The van der Waals surface area contributed by atoms with E-state index in [1.807, 2.05) is 19.1 Å². The van der Waals surface area contributed by atoms with Gasteiger partial charge >= 0.3 is 0 Å². The number of rotatable bonds is 9. The van der Waals surface area contributed by atoms with Crippen molar-refractivity contribution in [3.8, 4) is 11.5 Å². The van der Waals surface area contributed by atoms with Gasteiger partial charge in [0.1, 0.15) is 5.75 Å². The van der Waals surface area contributed by atoms with Crippen LogP contribution in [0, 0.1) is 6.92 Å². The Morgan fingerprint density at radius 2 is 1.70 bits per heavy atom. The van der Waals surface area contributed by atoms with Gasteiger partial charge in [0, 0.05) is 10.6 Å². The second-order valence-corrected chi connectivity index (χ2v) is 10.6. The molecule has 6 heteroatoms. The second-order valence-electron chi connectivity index (χ2n) is 9.85. The average molecular weight is 495 g/mol. The van der Waals surface area contributed by atoms with Crippen LogP contribution in [0.1, 0.15) is 84.4 Å². The van der Waals surface area contributed by atoms with Gasteiger partial charge in [0.15, 0.2) is 11.9 Å².